The largest absolute Gasteiger partial charge is 0.416 e. The van der Waals surface area contributed by atoms with Gasteiger partial charge in [-0.25, -0.2) is 22.9 Å². The van der Waals surface area contributed by atoms with Crippen LogP contribution in [0.1, 0.15) is 23.6 Å². The van der Waals surface area contributed by atoms with E-state index >= 15 is 0 Å². The molecule has 0 aliphatic carbocycles. The first-order valence-corrected chi connectivity index (χ1v) is 10.0. The Balaban J connectivity index is 2.17. The fraction of sp³-hybridized carbons (Fsp3) is 0.278. The quantitative estimate of drug-likeness (QED) is 0.372. The van der Waals surface area contributed by atoms with E-state index < -0.39 is 27.6 Å². The molecule has 29 heavy (non-hydrogen) atoms. The number of alkyl halides is 3. The van der Waals surface area contributed by atoms with Gasteiger partial charge in [-0.2, -0.15) is 13.2 Å². The van der Waals surface area contributed by atoms with Gasteiger partial charge in [0.1, 0.15) is 5.82 Å². The zero-order valence-electron chi connectivity index (χ0n) is 15.4. The minimum Gasteiger partial charge on any atom is -0.357 e. The van der Waals surface area contributed by atoms with E-state index in [1.165, 1.54) is 18.2 Å². The van der Waals surface area contributed by atoms with E-state index in [-0.39, 0.29) is 29.5 Å². The second-order valence-electron chi connectivity index (χ2n) is 6.04. The summed E-state index contributed by atoms with van der Waals surface area (Å²) in [4.78, 5) is 4.17. The second-order valence-corrected chi connectivity index (χ2v) is 7.60. The first-order chi connectivity index (χ1) is 13.5. The molecule has 2 aromatic rings. The number of nitrogens with two attached hydrogens (primary N) is 1. The zero-order chi connectivity index (χ0) is 21.7. The van der Waals surface area contributed by atoms with Gasteiger partial charge in [-0.1, -0.05) is 18.2 Å². The fourth-order valence-electron chi connectivity index (χ4n) is 2.48. The van der Waals surface area contributed by atoms with E-state index in [4.69, 9.17) is 5.14 Å². The van der Waals surface area contributed by atoms with Crippen LogP contribution in [0.3, 0.4) is 0 Å². The molecule has 11 heteroatoms. The molecule has 0 saturated heterocycles. The number of hydrogen-bond donors (Lipinski definition) is 3. The third-order valence-electron chi connectivity index (χ3n) is 3.81. The Hall–Kier alpha value is -2.66. The highest BCUT2D eigenvalue weighted by atomic mass is 32.2. The van der Waals surface area contributed by atoms with Crippen molar-refractivity contribution in [1.29, 1.82) is 0 Å². The number of halogens is 4. The van der Waals surface area contributed by atoms with E-state index in [1.54, 1.807) is 13.0 Å². The Labute approximate surface area is 165 Å². The van der Waals surface area contributed by atoms with Crippen molar-refractivity contribution in [3.8, 4) is 0 Å². The molecule has 0 radical (unpaired) electrons. The van der Waals surface area contributed by atoms with Crippen LogP contribution in [0.25, 0.3) is 0 Å². The Bertz CT molecular complexity index is 992. The number of benzene rings is 2. The van der Waals surface area contributed by atoms with Crippen molar-refractivity contribution in [3.63, 3.8) is 0 Å². The molecule has 0 amide bonds. The standard InChI is InChI=1S/C18H20F4N4O2S/c1-2-24-17(25-10-12-4-3-5-15(8-12)29(23,27)28)26-11-13-6-7-14(19)9-16(13)18(20,21)22/h3-9H,2,10-11H2,1H3,(H2,23,27,28)(H2,24,25,26). The molecule has 0 unspecified atom stereocenters. The zero-order valence-corrected chi connectivity index (χ0v) is 16.2. The van der Waals surface area contributed by atoms with Gasteiger partial charge in [0.15, 0.2) is 5.96 Å². The molecule has 4 N–H and O–H groups in total. The molecule has 6 nitrogen and oxygen atoms in total. The number of rotatable bonds is 6. The molecule has 2 rings (SSSR count). The lowest BCUT2D eigenvalue weighted by molar-refractivity contribution is -0.138. The van der Waals surface area contributed by atoms with Crippen LogP contribution in [0.2, 0.25) is 0 Å². The molecule has 0 fully saturated rings. The van der Waals surface area contributed by atoms with Crippen LogP contribution >= 0.6 is 0 Å². The maximum absolute atomic E-state index is 13.2. The number of guanidine groups is 1. The van der Waals surface area contributed by atoms with E-state index in [0.717, 1.165) is 12.1 Å². The third-order valence-corrected chi connectivity index (χ3v) is 4.73. The lowest BCUT2D eigenvalue weighted by Crippen LogP contribution is -2.37. The first kappa shape index (κ1) is 22.6. The van der Waals surface area contributed by atoms with Crippen molar-refractivity contribution in [3.05, 3.63) is 65.0 Å². The lowest BCUT2D eigenvalue weighted by atomic mass is 10.1. The van der Waals surface area contributed by atoms with Gasteiger partial charge in [-0.05, 0) is 42.3 Å². The van der Waals surface area contributed by atoms with E-state index in [2.05, 4.69) is 15.6 Å². The molecule has 0 saturated carbocycles. The number of primary sulfonamides is 1. The summed E-state index contributed by atoms with van der Waals surface area (Å²) in [5.41, 5.74) is -0.658. The van der Waals surface area contributed by atoms with Crippen molar-refractivity contribution < 1.29 is 26.0 Å². The second kappa shape index (κ2) is 9.23. The van der Waals surface area contributed by atoms with Crippen molar-refractivity contribution >= 4 is 16.0 Å². The number of sulfonamides is 1. The summed E-state index contributed by atoms with van der Waals surface area (Å²) >= 11 is 0. The average Bonchev–Trinajstić information content (AvgIpc) is 2.63. The monoisotopic (exact) mass is 432 g/mol. The summed E-state index contributed by atoms with van der Waals surface area (Å²) in [5, 5.41) is 10.7. The summed E-state index contributed by atoms with van der Waals surface area (Å²) in [6.45, 7) is 2.04. The maximum atomic E-state index is 13.2. The molecule has 2 aromatic carbocycles. The summed E-state index contributed by atoms with van der Waals surface area (Å²) in [6.07, 6.45) is -4.69. The Morgan fingerprint density at radius 3 is 2.48 bits per heavy atom. The first-order valence-electron chi connectivity index (χ1n) is 8.50. The van der Waals surface area contributed by atoms with Crippen molar-refractivity contribution in [2.75, 3.05) is 6.54 Å². The molecule has 0 bridgehead atoms. The van der Waals surface area contributed by atoms with Gasteiger partial charge in [-0.15, -0.1) is 0 Å². The highest BCUT2D eigenvalue weighted by Gasteiger charge is 2.33. The van der Waals surface area contributed by atoms with Crippen LogP contribution < -0.4 is 15.8 Å². The summed E-state index contributed by atoms with van der Waals surface area (Å²) in [5.74, 6) is -0.762. The normalized spacial score (nSPS) is 12.7. The van der Waals surface area contributed by atoms with Crippen molar-refractivity contribution in [2.24, 2.45) is 10.1 Å². The molecule has 0 spiro atoms. The van der Waals surface area contributed by atoms with Gasteiger partial charge in [-0.3, -0.25) is 0 Å². The van der Waals surface area contributed by atoms with E-state index in [9.17, 15) is 26.0 Å². The predicted molar refractivity (Wildman–Crippen MR) is 101 cm³/mol. The summed E-state index contributed by atoms with van der Waals surface area (Å²) in [6, 6.07) is 8.32. The average molecular weight is 432 g/mol. The minimum absolute atomic E-state index is 0.0637. The highest BCUT2D eigenvalue weighted by Crippen LogP contribution is 2.32. The van der Waals surface area contributed by atoms with E-state index in [1.807, 2.05) is 0 Å². The smallest absolute Gasteiger partial charge is 0.357 e. The van der Waals surface area contributed by atoms with Gasteiger partial charge < -0.3 is 10.6 Å². The molecule has 0 aliphatic heterocycles. The van der Waals surface area contributed by atoms with Gasteiger partial charge >= 0.3 is 6.18 Å². The van der Waals surface area contributed by atoms with E-state index in [0.29, 0.717) is 18.2 Å². The molecule has 158 valence electrons. The predicted octanol–water partition coefficient (Wildman–Crippen LogP) is 2.75. The number of aliphatic imine (C=N–C) groups is 1. The number of nitrogens with zero attached hydrogens (tertiary/aromatic N) is 1. The van der Waals surface area contributed by atoms with Crippen LogP contribution in [0.5, 0.6) is 0 Å². The molecule has 0 aliphatic rings. The van der Waals surface area contributed by atoms with Gasteiger partial charge in [0.2, 0.25) is 10.0 Å². The Morgan fingerprint density at radius 2 is 1.86 bits per heavy atom. The molecular weight excluding hydrogens is 412 g/mol. The molecular formula is C18H20F4N4O2S. The Morgan fingerprint density at radius 1 is 1.14 bits per heavy atom. The topological polar surface area (TPSA) is 96.6 Å². The number of hydrogen-bond acceptors (Lipinski definition) is 3. The molecule has 0 atom stereocenters. The third kappa shape index (κ3) is 6.71. The van der Waals surface area contributed by atoms with Crippen LogP contribution in [0, 0.1) is 5.82 Å². The number of nitrogens with one attached hydrogen (secondary N) is 2. The molecule has 0 aromatic heterocycles. The van der Waals surface area contributed by atoms with Crippen LogP contribution in [0.4, 0.5) is 17.6 Å². The van der Waals surface area contributed by atoms with Crippen LogP contribution in [-0.2, 0) is 29.3 Å². The maximum Gasteiger partial charge on any atom is 0.416 e. The lowest BCUT2D eigenvalue weighted by Gasteiger charge is -2.16. The summed E-state index contributed by atoms with van der Waals surface area (Å²) in [7, 11) is -3.86. The SMILES string of the molecule is CCNC(=NCc1cccc(S(N)(=O)=O)c1)NCc1ccc(F)cc1C(F)(F)F. The Kier molecular flexibility index (Phi) is 7.20. The van der Waals surface area contributed by atoms with Gasteiger partial charge in [0, 0.05) is 13.1 Å². The fourth-order valence-corrected chi connectivity index (χ4v) is 3.06. The van der Waals surface area contributed by atoms with Crippen molar-refractivity contribution in [1.82, 2.24) is 10.6 Å². The van der Waals surface area contributed by atoms with Crippen LogP contribution in [0.15, 0.2) is 52.4 Å². The minimum atomic E-state index is -4.69. The van der Waals surface area contributed by atoms with Gasteiger partial charge in [0.25, 0.3) is 0 Å². The van der Waals surface area contributed by atoms with Gasteiger partial charge in [0.05, 0.1) is 17.0 Å². The highest BCUT2D eigenvalue weighted by molar-refractivity contribution is 7.89. The molecule has 0 heterocycles. The summed E-state index contributed by atoms with van der Waals surface area (Å²) < 4.78 is 75.4. The van der Waals surface area contributed by atoms with Crippen molar-refractivity contribution in [2.45, 2.75) is 31.1 Å². The van der Waals surface area contributed by atoms with Crippen LogP contribution in [-0.4, -0.2) is 20.9 Å².